The van der Waals surface area contributed by atoms with Crippen LogP contribution in [-0.2, 0) is 19.4 Å². The summed E-state index contributed by atoms with van der Waals surface area (Å²) in [6.45, 7) is 0.599. The number of benzene rings is 1. The minimum Gasteiger partial charge on any atom is -0.341 e. The second-order valence-electron chi connectivity index (χ2n) is 4.63. The normalized spacial score (nSPS) is 16.2. The zero-order chi connectivity index (χ0) is 14.8. The third-order valence-corrected chi connectivity index (χ3v) is 5.03. The van der Waals surface area contributed by atoms with E-state index in [4.69, 9.17) is 11.6 Å². The number of halogens is 1. The molecule has 1 fully saturated rings. The van der Waals surface area contributed by atoms with Crippen molar-refractivity contribution in [3.8, 4) is 0 Å². The summed E-state index contributed by atoms with van der Waals surface area (Å²) in [4.78, 5) is 24.6. The SMILES string of the molecule is O=C1CCN(C(=O)CS(=O)(=O)c2ccc(Cl)cc2)CC1. The first-order valence-electron chi connectivity index (χ1n) is 6.16. The number of likely N-dealkylation sites (tertiary alicyclic amines) is 1. The van der Waals surface area contributed by atoms with Gasteiger partial charge in [-0.15, -0.1) is 0 Å². The molecule has 1 saturated heterocycles. The molecule has 1 aliphatic rings. The van der Waals surface area contributed by atoms with Crippen molar-refractivity contribution >= 4 is 33.1 Å². The molecule has 0 bridgehead atoms. The van der Waals surface area contributed by atoms with Crippen LogP contribution in [0.15, 0.2) is 29.2 Å². The molecule has 7 heteroatoms. The first-order chi connectivity index (χ1) is 9.38. The van der Waals surface area contributed by atoms with Crippen LogP contribution in [0.5, 0.6) is 0 Å². The number of piperidine rings is 1. The molecule has 0 aliphatic carbocycles. The lowest BCUT2D eigenvalue weighted by molar-refractivity contribution is -0.132. The molecule has 0 atom stereocenters. The molecule has 1 heterocycles. The van der Waals surface area contributed by atoms with E-state index in [2.05, 4.69) is 0 Å². The van der Waals surface area contributed by atoms with E-state index < -0.39 is 21.5 Å². The maximum absolute atomic E-state index is 12.1. The van der Waals surface area contributed by atoms with E-state index in [1.54, 1.807) is 0 Å². The van der Waals surface area contributed by atoms with Gasteiger partial charge in [0.15, 0.2) is 9.84 Å². The first kappa shape index (κ1) is 15.0. The molecule has 0 unspecified atom stereocenters. The van der Waals surface area contributed by atoms with Gasteiger partial charge < -0.3 is 4.90 Å². The predicted octanol–water partition coefficient (Wildman–Crippen LogP) is 1.31. The van der Waals surface area contributed by atoms with E-state index in [0.717, 1.165) is 0 Å². The van der Waals surface area contributed by atoms with Crippen LogP contribution in [0.2, 0.25) is 5.02 Å². The summed E-state index contributed by atoms with van der Waals surface area (Å²) in [7, 11) is -3.67. The summed E-state index contributed by atoms with van der Waals surface area (Å²) in [5.74, 6) is -0.940. The standard InChI is InChI=1S/C13H14ClNO4S/c14-10-1-3-12(4-2-10)20(18,19)9-13(17)15-7-5-11(16)6-8-15/h1-4H,5-9H2. The summed E-state index contributed by atoms with van der Waals surface area (Å²) >= 11 is 5.70. The van der Waals surface area contributed by atoms with Crippen LogP contribution in [0.4, 0.5) is 0 Å². The van der Waals surface area contributed by atoms with Crippen LogP contribution >= 0.6 is 11.6 Å². The van der Waals surface area contributed by atoms with Crippen molar-refractivity contribution in [3.05, 3.63) is 29.3 Å². The van der Waals surface area contributed by atoms with Crippen molar-refractivity contribution in [1.82, 2.24) is 4.90 Å². The molecule has 0 aromatic heterocycles. The molecule has 1 aliphatic heterocycles. The summed E-state index contributed by atoms with van der Waals surface area (Å²) in [6.07, 6.45) is 0.597. The first-order valence-corrected chi connectivity index (χ1v) is 8.19. The molecule has 0 saturated carbocycles. The van der Waals surface area contributed by atoms with Gasteiger partial charge in [-0.05, 0) is 24.3 Å². The van der Waals surface area contributed by atoms with Crippen LogP contribution in [0.3, 0.4) is 0 Å². The highest BCUT2D eigenvalue weighted by atomic mass is 35.5. The predicted molar refractivity (Wildman–Crippen MR) is 74.3 cm³/mol. The second kappa shape index (κ2) is 5.93. The molecule has 1 aromatic rings. The van der Waals surface area contributed by atoms with Gasteiger partial charge >= 0.3 is 0 Å². The number of hydrogen-bond donors (Lipinski definition) is 0. The van der Waals surface area contributed by atoms with Crippen LogP contribution in [0, 0.1) is 0 Å². The molecule has 0 spiro atoms. The summed E-state index contributed by atoms with van der Waals surface area (Å²) in [6, 6.07) is 5.70. The quantitative estimate of drug-likeness (QED) is 0.843. The fourth-order valence-corrected chi connectivity index (χ4v) is 3.34. The Labute approximate surface area is 122 Å². The molecule has 1 aromatic carbocycles. The molecule has 1 amide bonds. The molecule has 20 heavy (non-hydrogen) atoms. The number of rotatable bonds is 3. The Balaban J connectivity index is 2.06. The zero-order valence-electron chi connectivity index (χ0n) is 10.7. The number of sulfone groups is 1. The van der Waals surface area contributed by atoms with Crippen molar-refractivity contribution in [3.63, 3.8) is 0 Å². The minimum absolute atomic E-state index is 0.0725. The lowest BCUT2D eigenvalue weighted by Gasteiger charge is -2.25. The number of ketones is 1. The number of hydrogen-bond acceptors (Lipinski definition) is 4. The van der Waals surface area contributed by atoms with Gasteiger partial charge in [0.25, 0.3) is 0 Å². The Morgan fingerprint density at radius 2 is 1.70 bits per heavy atom. The smallest absolute Gasteiger partial charge is 0.238 e. The van der Waals surface area contributed by atoms with Crippen molar-refractivity contribution in [2.75, 3.05) is 18.8 Å². The van der Waals surface area contributed by atoms with Crippen LogP contribution in [-0.4, -0.2) is 43.9 Å². The number of carbonyl (C=O) groups is 2. The van der Waals surface area contributed by atoms with Gasteiger partial charge in [-0.3, -0.25) is 9.59 Å². The average Bonchev–Trinajstić information content (AvgIpc) is 2.39. The third-order valence-electron chi connectivity index (χ3n) is 3.16. The van der Waals surface area contributed by atoms with Gasteiger partial charge in [-0.25, -0.2) is 8.42 Å². The summed E-state index contributed by atoms with van der Waals surface area (Å²) < 4.78 is 24.2. The molecule has 0 radical (unpaired) electrons. The molecule has 5 nitrogen and oxygen atoms in total. The van der Waals surface area contributed by atoms with E-state index >= 15 is 0 Å². The highest BCUT2D eigenvalue weighted by Gasteiger charge is 2.26. The second-order valence-corrected chi connectivity index (χ2v) is 7.06. The van der Waals surface area contributed by atoms with Gasteiger partial charge in [0.05, 0.1) is 4.90 Å². The summed E-state index contributed by atoms with van der Waals surface area (Å²) in [5, 5.41) is 0.435. The number of carbonyl (C=O) groups excluding carboxylic acids is 2. The van der Waals surface area contributed by atoms with E-state index in [0.29, 0.717) is 31.0 Å². The molecule has 108 valence electrons. The maximum atomic E-state index is 12.1. The van der Waals surface area contributed by atoms with Gasteiger partial charge in [0, 0.05) is 31.0 Å². The van der Waals surface area contributed by atoms with Gasteiger partial charge in [0.1, 0.15) is 11.5 Å². The number of nitrogens with zero attached hydrogens (tertiary/aromatic N) is 1. The van der Waals surface area contributed by atoms with Gasteiger partial charge in [-0.2, -0.15) is 0 Å². The van der Waals surface area contributed by atoms with Crippen LogP contribution < -0.4 is 0 Å². The van der Waals surface area contributed by atoms with Crippen molar-refractivity contribution in [2.45, 2.75) is 17.7 Å². The van der Waals surface area contributed by atoms with Crippen LogP contribution in [0.25, 0.3) is 0 Å². The van der Waals surface area contributed by atoms with Gasteiger partial charge in [0.2, 0.25) is 5.91 Å². The van der Waals surface area contributed by atoms with Gasteiger partial charge in [-0.1, -0.05) is 11.6 Å². The Morgan fingerprint density at radius 1 is 1.15 bits per heavy atom. The van der Waals surface area contributed by atoms with Crippen molar-refractivity contribution in [1.29, 1.82) is 0 Å². The topological polar surface area (TPSA) is 71.5 Å². The van der Waals surface area contributed by atoms with Crippen LogP contribution in [0.1, 0.15) is 12.8 Å². The van der Waals surface area contributed by atoms with Crippen molar-refractivity contribution < 1.29 is 18.0 Å². The van der Waals surface area contributed by atoms with Crippen molar-refractivity contribution in [2.24, 2.45) is 0 Å². The lowest BCUT2D eigenvalue weighted by atomic mass is 10.1. The fraction of sp³-hybridized carbons (Fsp3) is 0.385. The molecule has 2 rings (SSSR count). The Kier molecular flexibility index (Phi) is 4.45. The summed E-state index contributed by atoms with van der Waals surface area (Å²) in [5.41, 5.74) is 0. The molecular weight excluding hydrogens is 302 g/mol. The highest BCUT2D eigenvalue weighted by Crippen LogP contribution is 2.16. The monoisotopic (exact) mass is 315 g/mol. The minimum atomic E-state index is -3.67. The molecular formula is C13H14ClNO4S. The zero-order valence-corrected chi connectivity index (χ0v) is 12.3. The Morgan fingerprint density at radius 3 is 2.25 bits per heavy atom. The van der Waals surface area contributed by atoms with E-state index in [1.165, 1.54) is 29.2 Å². The number of Topliss-reactive ketones (excluding diaryl/α,β-unsaturated/α-hetero) is 1. The fourth-order valence-electron chi connectivity index (χ4n) is 1.98. The molecule has 0 N–H and O–H groups in total. The Hall–Kier alpha value is -1.40. The largest absolute Gasteiger partial charge is 0.341 e. The highest BCUT2D eigenvalue weighted by molar-refractivity contribution is 7.92. The Bertz CT molecular complexity index is 614. The third kappa shape index (κ3) is 3.58. The van der Waals surface area contributed by atoms with E-state index in [9.17, 15) is 18.0 Å². The van der Waals surface area contributed by atoms with E-state index in [-0.39, 0.29) is 10.7 Å². The maximum Gasteiger partial charge on any atom is 0.238 e. The number of amides is 1. The average molecular weight is 316 g/mol. The lowest BCUT2D eigenvalue weighted by Crippen LogP contribution is -2.41. The van der Waals surface area contributed by atoms with E-state index in [1.807, 2.05) is 0 Å².